The van der Waals surface area contributed by atoms with Gasteiger partial charge in [-0.15, -0.1) is 0 Å². The fraction of sp³-hybridized carbons (Fsp3) is 0.462. The van der Waals surface area contributed by atoms with Crippen LogP contribution in [0, 0.1) is 6.92 Å². The highest BCUT2D eigenvalue weighted by atomic mass is 79.9. The molecule has 1 saturated heterocycles. The molecule has 0 unspecified atom stereocenters. The number of benzene rings is 1. The first-order chi connectivity index (χ1) is 8.13. The Bertz CT molecular complexity index is 433. The molecule has 92 valence electrons. The molecule has 0 saturated carbocycles. The van der Waals surface area contributed by atoms with Crippen LogP contribution in [-0.2, 0) is 0 Å². The fourth-order valence-electron chi connectivity index (χ4n) is 2.27. The number of hydrogen-bond donors (Lipinski definition) is 1. The van der Waals surface area contributed by atoms with E-state index in [1.807, 2.05) is 25.1 Å². The first-order valence-electron chi connectivity index (χ1n) is 5.81. The van der Waals surface area contributed by atoms with Gasteiger partial charge >= 0.3 is 0 Å². The van der Waals surface area contributed by atoms with E-state index in [0.29, 0.717) is 0 Å². The Morgan fingerprint density at radius 1 is 1.59 bits per heavy atom. The molecule has 1 aromatic rings. The van der Waals surface area contributed by atoms with Crippen molar-refractivity contribution in [1.82, 2.24) is 4.90 Å². The molecular weight excluding hydrogens is 282 g/mol. The van der Waals surface area contributed by atoms with Crippen LogP contribution in [0.1, 0.15) is 28.8 Å². The third-order valence-electron chi connectivity index (χ3n) is 3.28. The molecule has 1 fully saturated rings. The summed E-state index contributed by atoms with van der Waals surface area (Å²) in [4.78, 5) is 14.2. The summed E-state index contributed by atoms with van der Waals surface area (Å²) in [5.41, 5.74) is 1.70. The number of likely N-dealkylation sites (tertiary alicyclic amines) is 1. The molecule has 1 aromatic carbocycles. The maximum Gasteiger partial charge on any atom is 0.254 e. The van der Waals surface area contributed by atoms with Gasteiger partial charge in [-0.1, -0.05) is 22.0 Å². The summed E-state index contributed by atoms with van der Waals surface area (Å²) in [6, 6.07) is 5.70. The minimum atomic E-state index is -0.0131. The van der Waals surface area contributed by atoms with Crippen molar-refractivity contribution < 1.29 is 9.90 Å². The Morgan fingerprint density at radius 2 is 2.35 bits per heavy atom. The zero-order valence-electron chi connectivity index (χ0n) is 9.82. The van der Waals surface area contributed by atoms with Crippen molar-refractivity contribution >= 4 is 21.8 Å². The van der Waals surface area contributed by atoms with Crippen LogP contribution in [-0.4, -0.2) is 35.1 Å². The SMILES string of the molecule is Cc1ccc(Br)cc1C(=O)N1CCC[C@@H]1CO. The third-order valence-corrected chi connectivity index (χ3v) is 3.77. The molecule has 1 aliphatic heterocycles. The second-order valence-electron chi connectivity index (χ2n) is 4.44. The minimum Gasteiger partial charge on any atom is -0.394 e. The molecule has 2 rings (SSSR count). The second kappa shape index (κ2) is 5.19. The van der Waals surface area contributed by atoms with Crippen LogP contribution in [0.5, 0.6) is 0 Å². The lowest BCUT2D eigenvalue weighted by Crippen LogP contribution is -2.37. The van der Waals surface area contributed by atoms with Gasteiger partial charge in [0, 0.05) is 16.6 Å². The van der Waals surface area contributed by atoms with E-state index in [4.69, 9.17) is 0 Å². The molecule has 17 heavy (non-hydrogen) atoms. The summed E-state index contributed by atoms with van der Waals surface area (Å²) in [6.45, 7) is 2.73. The number of aliphatic hydroxyl groups excluding tert-OH is 1. The molecule has 3 nitrogen and oxygen atoms in total. The van der Waals surface area contributed by atoms with E-state index >= 15 is 0 Å². The monoisotopic (exact) mass is 297 g/mol. The summed E-state index contributed by atoms with van der Waals surface area (Å²) in [7, 11) is 0. The number of rotatable bonds is 2. The molecule has 0 aliphatic carbocycles. The summed E-state index contributed by atoms with van der Waals surface area (Å²) in [6.07, 6.45) is 1.87. The molecule has 0 spiro atoms. The number of carbonyl (C=O) groups is 1. The van der Waals surface area contributed by atoms with Crippen LogP contribution in [0.15, 0.2) is 22.7 Å². The topological polar surface area (TPSA) is 40.5 Å². The summed E-state index contributed by atoms with van der Waals surface area (Å²) < 4.78 is 0.909. The number of carbonyl (C=O) groups excluding carboxylic acids is 1. The van der Waals surface area contributed by atoms with E-state index in [0.717, 1.165) is 35.0 Å². The Morgan fingerprint density at radius 3 is 3.06 bits per heavy atom. The molecule has 1 heterocycles. The highest BCUT2D eigenvalue weighted by Crippen LogP contribution is 2.23. The molecule has 0 bridgehead atoms. The number of aryl methyl sites for hydroxylation is 1. The lowest BCUT2D eigenvalue weighted by atomic mass is 10.1. The van der Waals surface area contributed by atoms with Crippen molar-refractivity contribution in [3.8, 4) is 0 Å². The maximum atomic E-state index is 12.4. The van der Waals surface area contributed by atoms with E-state index in [2.05, 4.69) is 15.9 Å². The van der Waals surface area contributed by atoms with Crippen LogP contribution in [0.2, 0.25) is 0 Å². The Balaban J connectivity index is 2.27. The van der Waals surface area contributed by atoms with Gasteiger partial charge in [-0.05, 0) is 37.5 Å². The van der Waals surface area contributed by atoms with Gasteiger partial charge in [0.2, 0.25) is 0 Å². The Hall–Kier alpha value is -0.870. The van der Waals surface area contributed by atoms with E-state index in [-0.39, 0.29) is 18.6 Å². The lowest BCUT2D eigenvalue weighted by Gasteiger charge is -2.23. The lowest BCUT2D eigenvalue weighted by molar-refractivity contribution is 0.0677. The minimum absolute atomic E-state index is 0.0131. The number of amides is 1. The van der Waals surface area contributed by atoms with E-state index in [1.165, 1.54) is 0 Å². The van der Waals surface area contributed by atoms with Gasteiger partial charge in [0.15, 0.2) is 0 Å². The van der Waals surface area contributed by atoms with Crippen LogP contribution in [0.25, 0.3) is 0 Å². The largest absolute Gasteiger partial charge is 0.394 e. The van der Waals surface area contributed by atoms with Gasteiger partial charge in [0.25, 0.3) is 5.91 Å². The summed E-state index contributed by atoms with van der Waals surface area (Å²) in [5, 5.41) is 9.25. The van der Waals surface area contributed by atoms with Gasteiger partial charge in [-0.25, -0.2) is 0 Å². The van der Waals surface area contributed by atoms with Gasteiger partial charge in [0.05, 0.1) is 12.6 Å². The quantitative estimate of drug-likeness (QED) is 0.910. The average Bonchev–Trinajstić information content (AvgIpc) is 2.79. The Labute approximate surface area is 110 Å². The molecule has 1 aliphatic rings. The van der Waals surface area contributed by atoms with Gasteiger partial charge in [-0.2, -0.15) is 0 Å². The predicted octanol–water partition coefficient (Wildman–Crippen LogP) is 2.35. The van der Waals surface area contributed by atoms with E-state index in [1.54, 1.807) is 4.90 Å². The van der Waals surface area contributed by atoms with Crippen molar-refractivity contribution in [1.29, 1.82) is 0 Å². The zero-order chi connectivity index (χ0) is 12.4. The van der Waals surface area contributed by atoms with Crippen molar-refractivity contribution in [2.45, 2.75) is 25.8 Å². The van der Waals surface area contributed by atoms with Crippen molar-refractivity contribution in [2.75, 3.05) is 13.2 Å². The molecule has 4 heteroatoms. The second-order valence-corrected chi connectivity index (χ2v) is 5.35. The van der Waals surface area contributed by atoms with Crippen LogP contribution in [0.3, 0.4) is 0 Å². The van der Waals surface area contributed by atoms with Crippen molar-refractivity contribution in [3.05, 3.63) is 33.8 Å². The molecular formula is C13H16BrNO2. The van der Waals surface area contributed by atoms with Crippen LogP contribution in [0.4, 0.5) is 0 Å². The molecule has 1 amide bonds. The number of nitrogens with zero attached hydrogens (tertiary/aromatic N) is 1. The fourth-order valence-corrected chi connectivity index (χ4v) is 2.63. The highest BCUT2D eigenvalue weighted by molar-refractivity contribution is 9.10. The number of halogens is 1. The van der Waals surface area contributed by atoms with E-state index < -0.39 is 0 Å². The molecule has 1 N–H and O–H groups in total. The number of hydrogen-bond acceptors (Lipinski definition) is 2. The van der Waals surface area contributed by atoms with E-state index in [9.17, 15) is 9.90 Å². The first-order valence-corrected chi connectivity index (χ1v) is 6.60. The number of aliphatic hydroxyl groups is 1. The summed E-state index contributed by atoms with van der Waals surface area (Å²) in [5.74, 6) is 0.0281. The highest BCUT2D eigenvalue weighted by Gasteiger charge is 2.29. The summed E-state index contributed by atoms with van der Waals surface area (Å²) >= 11 is 3.39. The molecule has 0 radical (unpaired) electrons. The van der Waals surface area contributed by atoms with Crippen LogP contribution < -0.4 is 0 Å². The van der Waals surface area contributed by atoms with Crippen molar-refractivity contribution in [3.63, 3.8) is 0 Å². The third kappa shape index (κ3) is 2.53. The smallest absolute Gasteiger partial charge is 0.254 e. The zero-order valence-corrected chi connectivity index (χ0v) is 11.4. The Kier molecular flexibility index (Phi) is 3.84. The van der Waals surface area contributed by atoms with Gasteiger partial charge in [0.1, 0.15) is 0 Å². The van der Waals surface area contributed by atoms with Gasteiger partial charge < -0.3 is 10.0 Å². The normalized spacial score (nSPS) is 19.7. The molecule has 1 atom stereocenters. The first kappa shape index (κ1) is 12.6. The average molecular weight is 298 g/mol. The predicted molar refractivity (Wildman–Crippen MR) is 70.0 cm³/mol. The van der Waals surface area contributed by atoms with Crippen LogP contribution >= 0.6 is 15.9 Å². The maximum absolute atomic E-state index is 12.4. The van der Waals surface area contributed by atoms with Gasteiger partial charge in [-0.3, -0.25) is 4.79 Å². The standard InChI is InChI=1S/C13H16BrNO2/c1-9-4-5-10(14)7-12(9)13(17)15-6-2-3-11(15)8-16/h4-5,7,11,16H,2-3,6,8H2,1H3/t11-/m1/s1. The molecule has 0 aromatic heterocycles. The van der Waals surface area contributed by atoms with Crippen molar-refractivity contribution in [2.24, 2.45) is 0 Å².